The number of ether oxygens (including phenoxy) is 1. The summed E-state index contributed by atoms with van der Waals surface area (Å²) in [5.41, 5.74) is 7.37. The number of hydrogen-bond donors (Lipinski definition) is 1. The first-order chi connectivity index (χ1) is 7.72. The summed E-state index contributed by atoms with van der Waals surface area (Å²) in [4.78, 5) is 0. The molecule has 0 fully saturated rings. The van der Waals surface area contributed by atoms with Gasteiger partial charge in [-0.2, -0.15) is 0 Å². The summed E-state index contributed by atoms with van der Waals surface area (Å²) in [7, 11) is 1.70. The van der Waals surface area contributed by atoms with Gasteiger partial charge in [0.2, 0.25) is 0 Å². The number of nitrogens with two attached hydrogens (primary N) is 1. The van der Waals surface area contributed by atoms with Crippen molar-refractivity contribution in [3.05, 3.63) is 29.8 Å². The molecule has 0 spiro atoms. The van der Waals surface area contributed by atoms with E-state index in [2.05, 4.69) is 19.9 Å². The number of rotatable bonds is 6. The monoisotopic (exact) mass is 221 g/mol. The SMILES string of the molecule is CCC(CC)CC(N)c1ccccc1OC. The van der Waals surface area contributed by atoms with Gasteiger partial charge in [-0.25, -0.2) is 0 Å². The van der Waals surface area contributed by atoms with Crippen molar-refractivity contribution in [2.45, 2.75) is 39.2 Å². The normalized spacial score (nSPS) is 12.8. The van der Waals surface area contributed by atoms with E-state index in [1.807, 2.05) is 18.2 Å². The van der Waals surface area contributed by atoms with Crippen LogP contribution in [0.1, 0.15) is 44.7 Å². The molecule has 2 N–H and O–H groups in total. The minimum atomic E-state index is 0.0843. The topological polar surface area (TPSA) is 35.2 Å². The fourth-order valence-electron chi connectivity index (χ4n) is 2.08. The van der Waals surface area contributed by atoms with Crippen LogP contribution in [0.4, 0.5) is 0 Å². The quantitative estimate of drug-likeness (QED) is 0.797. The molecule has 0 radical (unpaired) electrons. The molecule has 1 atom stereocenters. The van der Waals surface area contributed by atoms with Crippen LogP contribution in [0.25, 0.3) is 0 Å². The average Bonchev–Trinajstić information content (AvgIpc) is 2.35. The first-order valence-electron chi connectivity index (χ1n) is 6.11. The number of para-hydroxylation sites is 1. The maximum absolute atomic E-state index is 6.24. The molecule has 0 bridgehead atoms. The predicted octanol–water partition coefficient (Wildman–Crippen LogP) is 3.52. The Morgan fingerprint density at radius 2 is 1.81 bits per heavy atom. The van der Waals surface area contributed by atoms with Crippen LogP contribution in [0.3, 0.4) is 0 Å². The van der Waals surface area contributed by atoms with Crippen LogP contribution >= 0.6 is 0 Å². The minimum absolute atomic E-state index is 0.0843. The van der Waals surface area contributed by atoms with E-state index < -0.39 is 0 Å². The Morgan fingerprint density at radius 3 is 2.38 bits per heavy atom. The molecule has 0 heterocycles. The van der Waals surface area contributed by atoms with Crippen molar-refractivity contribution in [2.24, 2.45) is 11.7 Å². The van der Waals surface area contributed by atoms with Gasteiger partial charge in [0, 0.05) is 11.6 Å². The molecule has 16 heavy (non-hydrogen) atoms. The van der Waals surface area contributed by atoms with E-state index in [1.165, 1.54) is 12.8 Å². The number of hydrogen-bond acceptors (Lipinski definition) is 2. The zero-order valence-electron chi connectivity index (χ0n) is 10.6. The summed E-state index contributed by atoms with van der Waals surface area (Å²) in [6.45, 7) is 4.45. The third kappa shape index (κ3) is 3.24. The van der Waals surface area contributed by atoms with Crippen LogP contribution in [0.2, 0.25) is 0 Å². The highest BCUT2D eigenvalue weighted by Crippen LogP contribution is 2.29. The summed E-state index contributed by atoms with van der Waals surface area (Å²) >= 11 is 0. The summed E-state index contributed by atoms with van der Waals surface area (Å²) in [5, 5.41) is 0. The minimum Gasteiger partial charge on any atom is -0.496 e. The van der Waals surface area contributed by atoms with Crippen LogP contribution < -0.4 is 10.5 Å². The molecule has 1 aromatic carbocycles. The fourth-order valence-corrected chi connectivity index (χ4v) is 2.08. The van der Waals surface area contributed by atoms with E-state index in [9.17, 15) is 0 Å². The van der Waals surface area contributed by atoms with Crippen molar-refractivity contribution in [1.82, 2.24) is 0 Å². The van der Waals surface area contributed by atoms with Crippen LogP contribution in [0.5, 0.6) is 5.75 Å². The molecule has 1 unspecified atom stereocenters. The van der Waals surface area contributed by atoms with Crippen molar-refractivity contribution < 1.29 is 4.74 Å². The van der Waals surface area contributed by atoms with Gasteiger partial charge < -0.3 is 10.5 Å². The van der Waals surface area contributed by atoms with Gasteiger partial charge in [0.1, 0.15) is 5.75 Å². The van der Waals surface area contributed by atoms with Gasteiger partial charge in [-0.15, -0.1) is 0 Å². The second kappa shape index (κ2) is 6.54. The molecule has 0 aliphatic rings. The number of methoxy groups -OCH3 is 1. The first kappa shape index (κ1) is 13.0. The molecule has 90 valence electrons. The van der Waals surface area contributed by atoms with Gasteiger partial charge >= 0.3 is 0 Å². The van der Waals surface area contributed by atoms with E-state index in [0.29, 0.717) is 5.92 Å². The second-order valence-corrected chi connectivity index (χ2v) is 4.27. The smallest absolute Gasteiger partial charge is 0.123 e. The van der Waals surface area contributed by atoms with Crippen molar-refractivity contribution >= 4 is 0 Å². The van der Waals surface area contributed by atoms with Crippen molar-refractivity contribution in [2.75, 3.05) is 7.11 Å². The van der Waals surface area contributed by atoms with Gasteiger partial charge in [0.05, 0.1) is 7.11 Å². The van der Waals surface area contributed by atoms with Gasteiger partial charge in [-0.3, -0.25) is 0 Å². The van der Waals surface area contributed by atoms with Crippen LogP contribution in [0.15, 0.2) is 24.3 Å². The average molecular weight is 221 g/mol. The Bertz CT molecular complexity index is 307. The standard InChI is InChI=1S/C14H23NO/c1-4-11(5-2)10-13(15)12-8-6-7-9-14(12)16-3/h6-9,11,13H,4-5,10,15H2,1-3H3. The zero-order valence-corrected chi connectivity index (χ0v) is 10.6. The molecule has 1 rings (SSSR count). The molecule has 0 saturated carbocycles. The van der Waals surface area contributed by atoms with Gasteiger partial charge in [-0.05, 0) is 18.4 Å². The lowest BCUT2D eigenvalue weighted by atomic mass is 9.91. The lowest BCUT2D eigenvalue weighted by molar-refractivity contribution is 0.384. The van der Waals surface area contributed by atoms with Gasteiger partial charge in [0.15, 0.2) is 0 Å². The molecule has 2 heteroatoms. The lowest BCUT2D eigenvalue weighted by Gasteiger charge is -2.20. The fraction of sp³-hybridized carbons (Fsp3) is 0.571. The first-order valence-corrected chi connectivity index (χ1v) is 6.11. The largest absolute Gasteiger partial charge is 0.496 e. The summed E-state index contributed by atoms with van der Waals surface area (Å²) in [5.74, 6) is 1.61. The van der Waals surface area contributed by atoms with Crippen LogP contribution in [-0.4, -0.2) is 7.11 Å². The Labute approximate surface area is 98.8 Å². The molecular formula is C14H23NO. The van der Waals surface area contributed by atoms with Crippen molar-refractivity contribution in [3.63, 3.8) is 0 Å². The van der Waals surface area contributed by atoms with E-state index in [0.717, 1.165) is 17.7 Å². The molecule has 0 aliphatic carbocycles. The summed E-state index contributed by atoms with van der Waals surface area (Å²) in [6.07, 6.45) is 3.42. The third-order valence-corrected chi connectivity index (χ3v) is 3.28. The maximum Gasteiger partial charge on any atom is 0.123 e. The van der Waals surface area contributed by atoms with Crippen LogP contribution in [-0.2, 0) is 0 Å². The molecule has 0 amide bonds. The highest BCUT2D eigenvalue weighted by Gasteiger charge is 2.15. The van der Waals surface area contributed by atoms with Crippen molar-refractivity contribution in [3.8, 4) is 5.75 Å². The van der Waals surface area contributed by atoms with E-state index in [1.54, 1.807) is 7.11 Å². The molecule has 0 aliphatic heterocycles. The molecule has 2 nitrogen and oxygen atoms in total. The predicted molar refractivity (Wildman–Crippen MR) is 68.6 cm³/mol. The molecule has 0 saturated heterocycles. The van der Waals surface area contributed by atoms with Gasteiger partial charge in [-0.1, -0.05) is 44.9 Å². The Kier molecular flexibility index (Phi) is 5.33. The molecule has 1 aromatic rings. The van der Waals surface area contributed by atoms with Crippen molar-refractivity contribution in [1.29, 1.82) is 0 Å². The summed E-state index contributed by atoms with van der Waals surface area (Å²) < 4.78 is 5.34. The molecular weight excluding hydrogens is 198 g/mol. The highest BCUT2D eigenvalue weighted by molar-refractivity contribution is 5.35. The van der Waals surface area contributed by atoms with E-state index in [-0.39, 0.29) is 6.04 Å². The third-order valence-electron chi connectivity index (χ3n) is 3.28. The Morgan fingerprint density at radius 1 is 1.19 bits per heavy atom. The zero-order chi connectivity index (χ0) is 12.0. The highest BCUT2D eigenvalue weighted by atomic mass is 16.5. The van der Waals surface area contributed by atoms with E-state index >= 15 is 0 Å². The molecule has 0 aromatic heterocycles. The summed E-state index contributed by atoms with van der Waals surface area (Å²) in [6, 6.07) is 8.12. The van der Waals surface area contributed by atoms with Crippen LogP contribution in [0, 0.1) is 5.92 Å². The Balaban J connectivity index is 2.75. The second-order valence-electron chi connectivity index (χ2n) is 4.27. The lowest BCUT2D eigenvalue weighted by Crippen LogP contribution is -2.15. The number of benzene rings is 1. The van der Waals surface area contributed by atoms with Gasteiger partial charge in [0.25, 0.3) is 0 Å². The maximum atomic E-state index is 6.24. The Hall–Kier alpha value is -1.02. The van der Waals surface area contributed by atoms with E-state index in [4.69, 9.17) is 10.5 Å².